The summed E-state index contributed by atoms with van der Waals surface area (Å²) in [5.74, 6) is -0.805. The fourth-order valence-corrected chi connectivity index (χ4v) is 2.49. The van der Waals surface area contributed by atoms with Crippen molar-refractivity contribution in [2.45, 2.75) is 26.3 Å². The van der Waals surface area contributed by atoms with Gasteiger partial charge < -0.3 is 15.5 Å². The van der Waals surface area contributed by atoms with Gasteiger partial charge in [0.2, 0.25) is 17.7 Å². The van der Waals surface area contributed by atoms with Gasteiger partial charge in [0.15, 0.2) is 0 Å². The van der Waals surface area contributed by atoms with Gasteiger partial charge in [0.25, 0.3) is 0 Å². The van der Waals surface area contributed by atoms with Gasteiger partial charge in [-0.3, -0.25) is 19.3 Å². The first-order valence-corrected chi connectivity index (χ1v) is 9.11. The van der Waals surface area contributed by atoms with Gasteiger partial charge in [-0.25, -0.2) is 0 Å². The fourth-order valence-electron chi connectivity index (χ4n) is 2.19. The highest BCUT2D eigenvalue weighted by Gasteiger charge is 2.19. The second-order valence-corrected chi connectivity index (χ2v) is 8.21. The second-order valence-electron chi connectivity index (χ2n) is 7.40. The van der Waals surface area contributed by atoms with E-state index in [9.17, 15) is 14.4 Å². The minimum atomic E-state index is -0.364. The van der Waals surface area contributed by atoms with Crippen LogP contribution in [0.25, 0.3) is 0 Å². The van der Waals surface area contributed by atoms with Gasteiger partial charge in [0.1, 0.15) is 0 Å². The Morgan fingerprint density at radius 1 is 0.963 bits per heavy atom. The lowest BCUT2D eigenvalue weighted by atomic mass is 10.1. The van der Waals surface area contributed by atoms with E-state index in [0.717, 1.165) is 0 Å². The number of benzene rings is 1. The van der Waals surface area contributed by atoms with Crippen molar-refractivity contribution in [3.8, 4) is 0 Å². The molecular weight excluding hydrogens is 391 g/mol. The molecule has 0 atom stereocenters. The highest BCUT2D eigenvalue weighted by molar-refractivity contribution is 6.42. The Kier molecular flexibility index (Phi) is 8.53. The van der Waals surface area contributed by atoms with E-state index in [-0.39, 0.29) is 42.9 Å². The predicted molar refractivity (Wildman–Crippen MR) is 108 cm³/mol. The van der Waals surface area contributed by atoms with Crippen LogP contribution >= 0.6 is 23.2 Å². The van der Waals surface area contributed by atoms with Crippen LogP contribution in [0.5, 0.6) is 0 Å². The molecule has 0 aliphatic rings. The summed E-state index contributed by atoms with van der Waals surface area (Å²) in [4.78, 5) is 39.1. The highest BCUT2D eigenvalue weighted by atomic mass is 35.5. The molecule has 150 valence electrons. The Hall–Kier alpha value is -1.83. The Balaban J connectivity index is 2.47. The fraction of sp³-hybridized carbons (Fsp3) is 0.500. The molecule has 7 nitrogen and oxygen atoms in total. The number of nitrogens with one attached hydrogen (secondary N) is 2. The number of amides is 3. The number of nitrogens with zero attached hydrogens (tertiary/aromatic N) is 2. The molecule has 27 heavy (non-hydrogen) atoms. The molecule has 9 heteroatoms. The van der Waals surface area contributed by atoms with Crippen molar-refractivity contribution in [1.29, 1.82) is 0 Å². The zero-order valence-corrected chi connectivity index (χ0v) is 17.7. The number of carbonyl (C=O) groups is 3. The lowest BCUT2D eigenvalue weighted by Gasteiger charge is -2.24. The van der Waals surface area contributed by atoms with Gasteiger partial charge in [0, 0.05) is 18.3 Å². The van der Waals surface area contributed by atoms with Crippen LogP contribution in [0, 0.1) is 0 Å². The molecule has 2 N–H and O–H groups in total. The van der Waals surface area contributed by atoms with Crippen LogP contribution in [0.15, 0.2) is 18.2 Å². The summed E-state index contributed by atoms with van der Waals surface area (Å²) < 4.78 is 0. The third-order valence-electron chi connectivity index (χ3n) is 3.34. The van der Waals surface area contributed by atoms with E-state index in [1.807, 2.05) is 20.8 Å². The zero-order valence-electron chi connectivity index (χ0n) is 16.2. The van der Waals surface area contributed by atoms with E-state index in [4.69, 9.17) is 23.2 Å². The van der Waals surface area contributed by atoms with Gasteiger partial charge in [-0.1, -0.05) is 23.2 Å². The van der Waals surface area contributed by atoms with Crippen LogP contribution in [-0.2, 0) is 14.4 Å². The van der Waals surface area contributed by atoms with Crippen LogP contribution in [0.2, 0.25) is 10.0 Å². The van der Waals surface area contributed by atoms with E-state index in [2.05, 4.69) is 10.6 Å². The molecule has 0 aliphatic heterocycles. The first kappa shape index (κ1) is 23.2. The Morgan fingerprint density at radius 3 is 2.15 bits per heavy atom. The molecule has 1 aromatic carbocycles. The maximum atomic E-state index is 12.2. The van der Waals surface area contributed by atoms with Crippen molar-refractivity contribution in [2.75, 3.05) is 39.0 Å². The number of hydrogen-bond donors (Lipinski definition) is 2. The minimum absolute atomic E-state index is 0.0219. The Bertz CT molecular complexity index is 704. The monoisotopic (exact) mass is 416 g/mol. The third-order valence-corrected chi connectivity index (χ3v) is 4.08. The lowest BCUT2D eigenvalue weighted by Crippen LogP contribution is -2.47. The standard InChI is InChI=1S/C18H26Cl2N4O3/c1-18(2,3)22-16(26)9-23(4)11-17(27)24(5)10-15(25)21-12-6-7-13(19)14(20)8-12/h6-8H,9-11H2,1-5H3,(H,21,25)(H,22,26). The summed E-state index contributed by atoms with van der Waals surface area (Å²) in [7, 11) is 3.20. The maximum Gasteiger partial charge on any atom is 0.243 e. The van der Waals surface area contributed by atoms with Crippen LogP contribution in [0.1, 0.15) is 20.8 Å². The first-order valence-electron chi connectivity index (χ1n) is 8.36. The molecule has 0 saturated carbocycles. The van der Waals surface area contributed by atoms with Gasteiger partial charge in [-0.15, -0.1) is 0 Å². The molecule has 0 radical (unpaired) electrons. The summed E-state index contributed by atoms with van der Waals surface area (Å²) in [5.41, 5.74) is 0.160. The SMILES string of the molecule is CN(CC(=O)NC(C)(C)C)CC(=O)N(C)CC(=O)Nc1ccc(Cl)c(Cl)c1. The highest BCUT2D eigenvalue weighted by Crippen LogP contribution is 2.24. The van der Waals surface area contributed by atoms with Gasteiger partial charge in [-0.2, -0.15) is 0 Å². The average Bonchev–Trinajstić information content (AvgIpc) is 2.48. The zero-order chi connectivity index (χ0) is 20.8. The quantitative estimate of drug-likeness (QED) is 0.713. The van der Waals surface area contributed by atoms with Crippen molar-refractivity contribution >= 4 is 46.6 Å². The molecular formula is C18H26Cl2N4O3. The van der Waals surface area contributed by atoms with E-state index < -0.39 is 0 Å². The summed E-state index contributed by atoms with van der Waals surface area (Å²) in [6, 6.07) is 4.73. The molecule has 0 fully saturated rings. The third kappa shape index (κ3) is 9.08. The number of halogens is 2. The molecule has 1 rings (SSSR count). The first-order chi connectivity index (χ1) is 12.4. The molecule has 3 amide bonds. The van der Waals surface area contributed by atoms with E-state index >= 15 is 0 Å². The van der Waals surface area contributed by atoms with E-state index in [1.165, 1.54) is 18.0 Å². The van der Waals surface area contributed by atoms with Crippen molar-refractivity contribution in [1.82, 2.24) is 15.1 Å². The lowest BCUT2D eigenvalue weighted by molar-refractivity contribution is -0.134. The van der Waals surface area contributed by atoms with Gasteiger partial charge in [-0.05, 0) is 46.0 Å². The molecule has 0 aromatic heterocycles. The van der Waals surface area contributed by atoms with E-state index in [0.29, 0.717) is 15.7 Å². The summed E-state index contributed by atoms with van der Waals surface area (Å²) in [6.07, 6.45) is 0. The number of hydrogen-bond acceptors (Lipinski definition) is 4. The van der Waals surface area contributed by atoms with E-state index in [1.54, 1.807) is 24.1 Å². The van der Waals surface area contributed by atoms with Crippen LogP contribution < -0.4 is 10.6 Å². The van der Waals surface area contributed by atoms with Crippen molar-refractivity contribution in [2.24, 2.45) is 0 Å². The van der Waals surface area contributed by atoms with Crippen LogP contribution in [0.4, 0.5) is 5.69 Å². The molecule has 0 saturated heterocycles. The number of rotatable bonds is 7. The van der Waals surface area contributed by atoms with Crippen molar-refractivity contribution in [3.05, 3.63) is 28.2 Å². The Morgan fingerprint density at radius 2 is 1.59 bits per heavy atom. The second kappa shape index (κ2) is 9.92. The average molecular weight is 417 g/mol. The largest absolute Gasteiger partial charge is 0.350 e. The summed E-state index contributed by atoms with van der Waals surface area (Å²) >= 11 is 11.7. The minimum Gasteiger partial charge on any atom is -0.350 e. The summed E-state index contributed by atoms with van der Waals surface area (Å²) in [6.45, 7) is 5.64. The van der Waals surface area contributed by atoms with Gasteiger partial charge >= 0.3 is 0 Å². The maximum absolute atomic E-state index is 12.2. The summed E-state index contributed by atoms with van der Waals surface area (Å²) in [5, 5.41) is 6.20. The predicted octanol–water partition coefficient (Wildman–Crippen LogP) is 2.24. The molecule has 0 spiro atoms. The molecule has 1 aromatic rings. The molecule has 0 bridgehead atoms. The van der Waals surface area contributed by atoms with Crippen LogP contribution in [-0.4, -0.2) is 66.8 Å². The van der Waals surface area contributed by atoms with Crippen molar-refractivity contribution < 1.29 is 14.4 Å². The number of carbonyl (C=O) groups excluding carboxylic acids is 3. The Labute approximate surface area is 170 Å². The topological polar surface area (TPSA) is 81.8 Å². The molecule has 0 unspecified atom stereocenters. The van der Waals surface area contributed by atoms with Crippen molar-refractivity contribution in [3.63, 3.8) is 0 Å². The molecule has 0 heterocycles. The number of likely N-dealkylation sites (N-methyl/N-ethyl adjacent to an activating group) is 2. The van der Waals surface area contributed by atoms with Crippen LogP contribution in [0.3, 0.4) is 0 Å². The number of anilines is 1. The molecule has 0 aliphatic carbocycles. The normalized spacial score (nSPS) is 11.3. The smallest absolute Gasteiger partial charge is 0.243 e. The van der Waals surface area contributed by atoms with Gasteiger partial charge in [0.05, 0.1) is 29.7 Å².